The molecule has 4 fully saturated rings. The highest BCUT2D eigenvalue weighted by molar-refractivity contribution is 5.75. The predicted molar refractivity (Wildman–Crippen MR) is 76.3 cm³/mol. The average molecular weight is 289 g/mol. The fourth-order valence-electron chi connectivity index (χ4n) is 5.08. The molecular formula is C16H23N3O2. The summed E-state index contributed by atoms with van der Waals surface area (Å²) in [4.78, 5) is 14.6. The first-order valence-electron chi connectivity index (χ1n) is 8.12. The van der Waals surface area contributed by atoms with Crippen molar-refractivity contribution in [2.24, 2.45) is 23.2 Å². The molecule has 0 spiro atoms. The van der Waals surface area contributed by atoms with E-state index in [0.717, 1.165) is 19.4 Å². The molecule has 2 bridgehead atoms. The van der Waals surface area contributed by atoms with Gasteiger partial charge in [-0.25, -0.2) is 4.79 Å². The molecule has 3 aliphatic carbocycles. The zero-order valence-electron chi connectivity index (χ0n) is 12.5. The highest BCUT2D eigenvalue weighted by atomic mass is 16.5. The Morgan fingerprint density at radius 1 is 1.43 bits per heavy atom. The van der Waals surface area contributed by atoms with E-state index in [4.69, 9.17) is 10.00 Å². The number of nitrogens with zero attached hydrogens (tertiary/aromatic N) is 2. The van der Waals surface area contributed by atoms with Crippen LogP contribution >= 0.6 is 0 Å². The number of carbonyl (C=O) groups is 1. The van der Waals surface area contributed by atoms with Gasteiger partial charge in [0.25, 0.3) is 0 Å². The number of ether oxygens (including phenoxy) is 1. The van der Waals surface area contributed by atoms with Crippen molar-refractivity contribution in [1.82, 2.24) is 10.2 Å². The van der Waals surface area contributed by atoms with E-state index < -0.39 is 0 Å². The smallest absolute Gasteiger partial charge is 0.317 e. The van der Waals surface area contributed by atoms with Crippen LogP contribution in [0.5, 0.6) is 0 Å². The number of nitrogens with one attached hydrogen (secondary N) is 1. The molecule has 4 aliphatic rings. The summed E-state index contributed by atoms with van der Waals surface area (Å²) < 4.78 is 5.69. The number of hydrogen-bond acceptors (Lipinski definition) is 3. The van der Waals surface area contributed by atoms with E-state index in [2.05, 4.69) is 11.4 Å². The van der Waals surface area contributed by atoms with E-state index in [0.29, 0.717) is 30.7 Å². The van der Waals surface area contributed by atoms with Crippen molar-refractivity contribution in [3.8, 4) is 6.07 Å². The molecule has 5 heteroatoms. The van der Waals surface area contributed by atoms with Crippen LogP contribution in [0.25, 0.3) is 0 Å². The first-order valence-corrected chi connectivity index (χ1v) is 8.12. The Morgan fingerprint density at radius 2 is 2.24 bits per heavy atom. The molecule has 2 amide bonds. The van der Waals surface area contributed by atoms with Gasteiger partial charge in [0.1, 0.15) is 0 Å². The van der Waals surface area contributed by atoms with E-state index in [1.54, 1.807) is 7.11 Å². The molecule has 1 N–H and O–H groups in total. The second kappa shape index (κ2) is 4.61. The van der Waals surface area contributed by atoms with Gasteiger partial charge in [0.2, 0.25) is 0 Å². The Balaban J connectivity index is 1.40. The van der Waals surface area contributed by atoms with Crippen LogP contribution < -0.4 is 5.32 Å². The molecule has 0 aromatic carbocycles. The molecule has 4 rings (SSSR count). The number of fused-ring (bicyclic) bond motifs is 1. The third-order valence-electron chi connectivity index (χ3n) is 6.38. The van der Waals surface area contributed by atoms with Gasteiger partial charge in [-0.15, -0.1) is 0 Å². The Labute approximate surface area is 125 Å². The van der Waals surface area contributed by atoms with Crippen molar-refractivity contribution in [2.75, 3.05) is 20.2 Å². The lowest BCUT2D eigenvalue weighted by Gasteiger charge is -2.31. The van der Waals surface area contributed by atoms with Crippen LogP contribution in [0.1, 0.15) is 32.1 Å². The second-order valence-electron chi connectivity index (χ2n) is 7.49. The van der Waals surface area contributed by atoms with Gasteiger partial charge in [-0.05, 0) is 43.4 Å². The predicted octanol–water partition coefficient (Wildman–Crippen LogP) is 1.75. The highest BCUT2D eigenvalue weighted by Gasteiger charge is 2.60. The summed E-state index contributed by atoms with van der Waals surface area (Å²) in [7, 11) is 1.78. The highest BCUT2D eigenvalue weighted by Crippen LogP contribution is 2.55. The van der Waals surface area contributed by atoms with Crippen molar-refractivity contribution in [1.29, 1.82) is 5.26 Å². The molecule has 1 heterocycles. The topological polar surface area (TPSA) is 65.4 Å². The average Bonchev–Trinajstić information content (AvgIpc) is 2.86. The van der Waals surface area contributed by atoms with Crippen LogP contribution in [0, 0.1) is 34.5 Å². The number of amides is 2. The van der Waals surface area contributed by atoms with Crippen LogP contribution in [-0.2, 0) is 4.74 Å². The quantitative estimate of drug-likeness (QED) is 0.857. The third kappa shape index (κ3) is 1.96. The summed E-state index contributed by atoms with van der Waals surface area (Å²) in [5, 5.41) is 11.9. The molecule has 1 aliphatic heterocycles. The van der Waals surface area contributed by atoms with Crippen molar-refractivity contribution < 1.29 is 9.53 Å². The molecular weight excluding hydrogens is 266 g/mol. The summed E-state index contributed by atoms with van der Waals surface area (Å²) in [6, 6.07) is 2.58. The lowest BCUT2D eigenvalue weighted by atomic mass is 9.88. The van der Waals surface area contributed by atoms with Crippen molar-refractivity contribution in [3.63, 3.8) is 0 Å². The number of urea groups is 1. The first-order chi connectivity index (χ1) is 10.2. The lowest BCUT2D eigenvalue weighted by molar-refractivity contribution is 0.0189. The van der Waals surface area contributed by atoms with Crippen molar-refractivity contribution >= 4 is 6.03 Å². The second-order valence-corrected chi connectivity index (χ2v) is 7.49. The minimum Gasteiger partial charge on any atom is -0.379 e. The number of methoxy groups -OCH3 is 1. The van der Waals surface area contributed by atoms with Crippen molar-refractivity contribution in [2.45, 2.75) is 44.2 Å². The molecule has 0 aromatic rings. The largest absolute Gasteiger partial charge is 0.379 e. The Kier molecular flexibility index (Phi) is 2.94. The lowest BCUT2D eigenvalue weighted by Crippen LogP contribution is -2.49. The molecule has 114 valence electrons. The molecule has 0 aromatic heterocycles. The van der Waals surface area contributed by atoms with Crippen LogP contribution in [0.15, 0.2) is 0 Å². The SMILES string of the molecule is CO[C@@H]1[C@H]2C[C@H]3CN(C(=O)NCC4(CC#N)CC4)[C@@H]1[C@H]3C2. The Bertz CT molecular complexity index is 494. The fourth-order valence-corrected chi connectivity index (χ4v) is 5.08. The molecule has 1 saturated heterocycles. The summed E-state index contributed by atoms with van der Waals surface area (Å²) in [6.07, 6.45) is 5.38. The van der Waals surface area contributed by atoms with E-state index >= 15 is 0 Å². The monoisotopic (exact) mass is 289 g/mol. The molecule has 21 heavy (non-hydrogen) atoms. The number of nitriles is 1. The van der Waals surface area contributed by atoms with E-state index in [-0.39, 0.29) is 23.6 Å². The number of likely N-dealkylation sites (tertiary alicyclic amines) is 1. The van der Waals surface area contributed by atoms with Gasteiger partial charge >= 0.3 is 6.03 Å². The Hall–Kier alpha value is -1.28. The van der Waals surface area contributed by atoms with E-state index in [1.807, 2.05) is 4.90 Å². The number of rotatable bonds is 4. The summed E-state index contributed by atoms with van der Waals surface area (Å²) in [6.45, 7) is 1.54. The molecule has 0 unspecified atom stereocenters. The minimum absolute atomic E-state index is 0.0568. The fraction of sp³-hybridized carbons (Fsp3) is 0.875. The minimum atomic E-state index is 0.0568. The first kappa shape index (κ1) is 13.4. The maximum atomic E-state index is 12.6. The maximum Gasteiger partial charge on any atom is 0.317 e. The van der Waals surface area contributed by atoms with Crippen molar-refractivity contribution in [3.05, 3.63) is 0 Å². The third-order valence-corrected chi connectivity index (χ3v) is 6.38. The standard InChI is InChI=1S/C16H23N3O2/c1-21-14-10-6-11-8-19(13(14)12(11)7-10)15(20)18-9-16(2-3-16)4-5-17/h10-14H,2-4,6-9H2,1H3,(H,18,20)/t10-,11-,12-,13+,14+/m0/s1. The van der Waals surface area contributed by atoms with Crippen LogP contribution in [0.2, 0.25) is 0 Å². The summed E-state index contributed by atoms with van der Waals surface area (Å²) >= 11 is 0. The van der Waals surface area contributed by atoms with Gasteiger partial charge in [-0.2, -0.15) is 5.26 Å². The van der Waals surface area contributed by atoms with E-state index in [9.17, 15) is 4.79 Å². The number of hydrogen-bond donors (Lipinski definition) is 1. The van der Waals surface area contributed by atoms with Gasteiger partial charge in [0.15, 0.2) is 0 Å². The van der Waals surface area contributed by atoms with Gasteiger partial charge < -0.3 is 15.0 Å². The molecule has 5 nitrogen and oxygen atoms in total. The molecule has 3 saturated carbocycles. The van der Waals surface area contributed by atoms with E-state index in [1.165, 1.54) is 12.8 Å². The maximum absolute atomic E-state index is 12.6. The number of carbonyl (C=O) groups excluding carboxylic acids is 1. The van der Waals surface area contributed by atoms with Gasteiger partial charge in [-0.1, -0.05) is 0 Å². The Morgan fingerprint density at radius 3 is 2.90 bits per heavy atom. The van der Waals surface area contributed by atoms with Gasteiger partial charge in [0.05, 0.1) is 18.2 Å². The molecule has 5 atom stereocenters. The zero-order chi connectivity index (χ0) is 14.6. The normalized spacial score (nSPS) is 41.1. The van der Waals surface area contributed by atoms with Crippen LogP contribution in [0.3, 0.4) is 0 Å². The summed E-state index contributed by atoms with van der Waals surface area (Å²) in [5.41, 5.74) is 0.0714. The zero-order valence-corrected chi connectivity index (χ0v) is 12.5. The summed E-state index contributed by atoms with van der Waals surface area (Å²) in [5.74, 6) is 1.99. The van der Waals surface area contributed by atoms with Crippen LogP contribution in [0.4, 0.5) is 4.79 Å². The van der Waals surface area contributed by atoms with Gasteiger partial charge in [0, 0.05) is 32.0 Å². The molecule has 0 radical (unpaired) electrons. The van der Waals surface area contributed by atoms with Crippen LogP contribution in [-0.4, -0.2) is 43.3 Å². The van der Waals surface area contributed by atoms with Gasteiger partial charge in [-0.3, -0.25) is 0 Å².